The van der Waals surface area contributed by atoms with E-state index >= 15 is 0 Å². The van der Waals surface area contributed by atoms with E-state index in [1.54, 1.807) is 13.8 Å². The van der Waals surface area contributed by atoms with Crippen molar-refractivity contribution in [2.45, 2.75) is 33.3 Å². The zero-order valence-electron chi connectivity index (χ0n) is 17.5. The molecule has 0 unspecified atom stereocenters. The highest BCUT2D eigenvalue weighted by Crippen LogP contribution is 2.21. The first-order valence-corrected chi connectivity index (χ1v) is 10.1. The Bertz CT molecular complexity index is 963. The molecule has 0 radical (unpaired) electrons. The monoisotopic (exact) mass is 431 g/mol. The van der Waals surface area contributed by atoms with Crippen molar-refractivity contribution in [3.8, 4) is 5.75 Å². The predicted molar refractivity (Wildman–Crippen MR) is 109 cm³/mol. The lowest BCUT2D eigenvalue weighted by Crippen LogP contribution is -2.30. The van der Waals surface area contributed by atoms with Gasteiger partial charge in [0.2, 0.25) is 5.43 Å². The summed E-state index contributed by atoms with van der Waals surface area (Å²) in [6.45, 7) is 4.36. The van der Waals surface area contributed by atoms with Crippen molar-refractivity contribution < 1.29 is 33.3 Å². The van der Waals surface area contributed by atoms with Crippen LogP contribution in [0.15, 0.2) is 41.3 Å². The second-order valence-corrected chi connectivity index (χ2v) is 6.59. The molecule has 0 amide bonds. The zero-order chi connectivity index (χ0) is 22.2. The molecule has 1 aliphatic heterocycles. The largest absolute Gasteiger partial charge is 0.482 e. The van der Waals surface area contributed by atoms with Crippen LogP contribution in [0.2, 0.25) is 0 Å². The summed E-state index contributed by atoms with van der Waals surface area (Å²) in [5, 5.41) is 0. The molecular formula is C22H25NO8. The van der Waals surface area contributed by atoms with Gasteiger partial charge in [-0.2, -0.15) is 0 Å². The molecule has 0 N–H and O–H groups in total. The molecule has 1 fully saturated rings. The van der Waals surface area contributed by atoms with Crippen LogP contribution in [0.1, 0.15) is 40.3 Å². The number of esters is 2. The second kappa shape index (κ2) is 10.7. The number of carbonyl (C=O) groups is 2. The molecule has 0 spiro atoms. The number of nitrogens with zero attached hydrogens (tertiary/aromatic N) is 1. The Hall–Kier alpha value is -3.17. The molecule has 0 aliphatic carbocycles. The van der Waals surface area contributed by atoms with Crippen molar-refractivity contribution in [2.24, 2.45) is 0 Å². The number of carbonyl (C=O) groups excluding carboxylic acids is 2. The number of hydrogen-bond donors (Lipinski definition) is 0. The van der Waals surface area contributed by atoms with Gasteiger partial charge in [0.15, 0.2) is 17.7 Å². The highest BCUT2D eigenvalue weighted by atomic mass is 16.7. The van der Waals surface area contributed by atoms with Gasteiger partial charge in [-0.1, -0.05) is 30.3 Å². The lowest BCUT2D eigenvalue weighted by molar-refractivity contribution is -0.0531. The number of aromatic nitrogens is 1. The molecule has 0 saturated carbocycles. The Labute approximate surface area is 179 Å². The standard InChI is InChI=1S/C22H25NO8/c1-3-27-21(25)16-12-23(13-17-29-10-11-30-17)18(22(26)28-4-2)20(19(16)24)31-14-15-8-6-5-7-9-15/h5-9,12,17H,3-4,10-11,13-14H2,1-2H3. The average molecular weight is 431 g/mol. The van der Waals surface area contributed by atoms with Gasteiger partial charge in [0.05, 0.1) is 33.0 Å². The molecule has 0 atom stereocenters. The highest BCUT2D eigenvalue weighted by molar-refractivity contribution is 5.94. The Morgan fingerprint density at radius 1 is 1.03 bits per heavy atom. The van der Waals surface area contributed by atoms with Gasteiger partial charge in [0, 0.05) is 6.20 Å². The summed E-state index contributed by atoms with van der Waals surface area (Å²) >= 11 is 0. The summed E-state index contributed by atoms with van der Waals surface area (Å²) in [5.41, 5.74) is -0.333. The van der Waals surface area contributed by atoms with Gasteiger partial charge >= 0.3 is 11.9 Å². The van der Waals surface area contributed by atoms with Crippen LogP contribution >= 0.6 is 0 Å². The maximum Gasteiger partial charge on any atom is 0.359 e. The van der Waals surface area contributed by atoms with Crippen molar-refractivity contribution in [1.82, 2.24) is 4.57 Å². The topological polar surface area (TPSA) is 102 Å². The number of ether oxygens (including phenoxy) is 5. The number of hydrogen-bond acceptors (Lipinski definition) is 8. The fraction of sp³-hybridized carbons (Fsp3) is 0.409. The Morgan fingerprint density at radius 2 is 1.68 bits per heavy atom. The van der Waals surface area contributed by atoms with Gasteiger partial charge < -0.3 is 28.3 Å². The molecule has 9 nitrogen and oxygen atoms in total. The molecule has 2 aromatic rings. The van der Waals surface area contributed by atoms with E-state index in [1.807, 2.05) is 30.3 Å². The number of benzene rings is 1. The van der Waals surface area contributed by atoms with Crippen LogP contribution in [0.4, 0.5) is 0 Å². The van der Waals surface area contributed by atoms with E-state index in [2.05, 4.69) is 0 Å². The Morgan fingerprint density at radius 3 is 2.32 bits per heavy atom. The third-order valence-electron chi connectivity index (χ3n) is 4.46. The van der Waals surface area contributed by atoms with Crippen molar-refractivity contribution in [1.29, 1.82) is 0 Å². The van der Waals surface area contributed by atoms with Crippen LogP contribution in [-0.4, -0.2) is 49.2 Å². The van der Waals surface area contributed by atoms with E-state index in [1.165, 1.54) is 10.8 Å². The number of pyridine rings is 1. The minimum absolute atomic E-state index is 0.0190. The molecule has 1 aliphatic rings. The normalized spacial score (nSPS) is 13.7. The van der Waals surface area contributed by atoms with Crippen LogP contribution in [0.25, 0.3) is 0 Å². The van der Waals surface area contributed by atoms with Gasteiger partial charge in [0.25, 0.3) is 0 Å². The summed E-state index contributed by atoms with van der Waals surface area (Å²) in [6, 6.07) is 9.14. The van der Waals surface area contributed by atoms with Crippen LogP contribution in [0.5, 0.6) is 5.75 Å². The van der Waals surface area contributed by atoms with E-state index in [0.717, 1.165) is 5.56 Å². The second-order valence-electron chi connectivity index (χ2n) is 6.59. The van der Waals surface area contributed by atoms with Crippen molar-refractivity contribution in [3.05, 3.63) is 63.6 Å². The van der Waals surface area contributed by atoms with Gasteiger partial charge in [0.1, 0.15) is 12.2 Å². The number of rotatable bonds is 9. The molecule has 31 heavy (non-hydrogen) atoms. The van der Waals surface area contributed by atoms with E-state index in [9.17, 15) is 14.4 Å². The van der Waals surface area contributed by atoms with Crippen molar-refractivity contribution in [2.75, 3.05) is 26.4 Å². The summed E-state index contributed by atoms with van der Waals surface area (Å²) in [5.74, 6) is -1.85. The quantitative estimate of drug-likeness (QED) is 0.557. The first kappa shape index (κ1) is 22.5. The van der Waals surface area contributed by atoms with E-state index in [0.29, 0.717) is 13.2 Å². The SMILES string of the molecule is CCOC(=O)c1cn(CC2OCCO2)c(C(=O)OCC)c(OCc2ccccc2)c1=O. The molecule has 2 heterocycles. The molecular weight excluding hydrogens is 406 g/mol. The van der Waals surface area contributed by atoms with Gasteiger partial charge in [-0.25, -0.2) is 9.59 Å². The lowest BCUT2D eigenvalue weighted by Gasteiger charge is -2.20. The van der Waals surface area contributed by atoms with Crippen LogP contribution < -0.4 is 10.2 Å². The molecule has 166 valence electrons. The molecule has 1 aromatic heterocycles. The Balaban J connectivity index is 2.09. The third-order valence-corrected chi connectivity index (χ3v) is 4.46. The minimum Gasteiger partial charge on any atom is -0.482 e. The summed E-state index contributed by atoms with van der Waals surface area (Å²) in [7, 11) is 0. The van der Waals surface area contributed by atoms with Gasteiger partial charge in [-0.3, -0.25) is 4.79 Å². The fourth-order valence-corrected chi connectivity index (χ4v) is 3.08. The van der Waals surface area contributed by atoms with Crippen LogP contribution in [-0.2, 0) is 32.1 Å². The molecule has 9 heteroatoms. The molecule has 1 aromatic carbocycles. The summed E-state index contributed by atoms with van der Waals surface area (Å²) in [4.78, 5) is 38.3. The molecule has 1 saturated heterocycles. The zero-order valence-corrected chi connectivity index (χ0v) is 17.5. The maximum atomic E-state index is 13.1. The predicted octanol–water partition coefficient (Wildman–Crippen LogP) is 2.15. The first-order chi connectivity index (χ1) is 15.0. The minimum atomic E-state index is -0.811. The lowest BCUT2D eigenvalue weighted by atomic mass is 10.2. The fourth-order valence-electron chi connectivity index (χ4n) is 3.08. The average Bonchev–Trinajstić information content (AvgIpc) is 3.27. The summed E-state index contributed by atoms with van der Waals surface area (Å²) < 4.78 is 28.3. The summed E-state index contributed by atoms with van der Waals surface area (Å²) in [6.07, 6.45) is 0.611. The van der Waals surface area contributed by atoms with Crippen molar-refractivity contribution >= 4 is 11.9 Å². The maximum absolute atomic E-state index is 13.1. The van der Waals surface area contributed by atoms with Crippen LogP contribution in [0, 0.1) is 0 Å². The van der Waals surface area contributed by atoms with Gasteiger partial charge in [-0.05, 0) is 19.4 Å². The molecule has 3 rings (SSSR count). The van der Waals surface area contributed by atoms with E-state index in [-0.39, 0.29) is 43.4 Å². The third kappa shape index (κ3) is 5.50. The van der Waals surface area contributed by atoms with Crippen LogP contribution in [0.3, 0.4) is 0 Å². The van der Waals surface area contributed by atoms with Gasteiger partial charge in [-0.15, -0.1) is 0 Å². The van der Waals surface area contributed by atoms with E-state index < -0.39 is 23.7 Å². The van der Waals surface area contributed by atoms with E-state index in [4.69, 9.17) is 23.7 Å². The Kier molecular flexibility index (Phi) is 7.80. The smallest absolute Gasteiger partial charge is 0.359 e. The van der Waals surface area contributed by atoms with Crippen molar-refractivity contribution in [3.63, 3.8) is 0 Å². The molecule has 0 bridgehead atoms. The highest BCUT2D eigenvalue weighted by Gasteiger charge is 2.29. The first-order valence-electron chi connectivity index (χ1n) is 10.1.